The van der Waals surface area contributed by atoms with Gasteiger partial charge >= 0.3 is 27.3 Å². The molecule has 0 N–H and O–H groups in total. The Morgan fingerprint density at radius 1 is 0.565 bits per heavy atom. The van der Waals surface area contributed by atoms with Gasteiger partial charge in [-0.3, -0.25) is 0 Å². The third-order valence-corrected chi connectivity index (χ3v) is 3.47. The first-order chi connectivity index (χ1) is 10.5. The van der Waals surface area contributed by atoms with E-state index in [1.165, 1.54) is 51.4 Å². The summed E-state index contributed by atoms with van der Waals surface area (Å²) in [5.41, 5.74) is 0. The SMILES string of the molecule is CCCCCCCCC(=O)[O-].CCCCCCCCC(=O)[O-].[Cd+2]. The van der Waals surface area contributed by atoms with Crippen molar-refractivity contribution in [2.75, 3.05) is 0 Å². The monoisotopic (exact) mass is 428 g/mol. The van der Waals surface area contributed by atoms with Gasteiger partial charge in [0.1, 0.15) is 0 Å². The summed E-state index contributed by atoms with van der Waals surface area (Å²) in [5, 5.41) is 20.0. The number of carbonyl (C=O) groups excluding carboxylic acids is 2. The Kier molecular flexibility index (Phi) is 29.0. The van der Waals surface area contributed by atoms with Gasteiger partial charge in [-0.25, -0.2) is 0 Å². The number of hydrogen-bond donors (Lipinski definition) is 0. The Hall–Kier alpha value is -0.138. The van der Waals surface area contributed by atoms with Crippen molar-refractivity contribution in [3.05, 3.63) is 0 Å². The molecule has 0 aliphatic heterocycles. The second kappa shape index (κ2) is 24.1. The van der Waals surface area contributed by atoms with Crippen molar-refractivity contribution in [1.82, 2.24) is 0 Å². The van der Waals surface area contributed by atoms with Crippen LogP contribution in [0.4, 0.5) is 0 Å². The second-order valence-electron chi connectivity index (χ2n) is 5.78. The molecule has 0 fully saturated rings. The van der Waals surface area contributed by atoms with Gasteiger partial charge in [-0.2, -0.15) is 0 Å². The normalized spacial score (nSPS) is 9.48. The molecule has 0 heterocycles. The van der Waals surface area contributed by atoms with E-state index in [4.69, 9.17) is 0 Å². The maximum atomic E-state index is 9.98. The Morgan fingerprint density at radius 3 is 1.09 bits per heavy atom. The molecule has 0 amide bonds. The van der Waals surface area contributed by atoms with Gasteiger partial charge in [-0.1, -0.05) is 78.1 Å². The minimum absolute atomic E-state index is 0. The molecule has 0 bridgehead atoms. The van der Waals surface area contributed by atoms with E-state index in [1.54, 1.807) is 0 Å². The third kappa shape index (κ3) is 34.3. The molecule has 132 valence electrons. The average molecular weight is 427 g/mol. The van der Waals surface area contributed by atoms with Gasteiger partial charge in [0.15, 0.2) is 0 Å². The van der Waals surface area contributed by atoms with E-state index in [1.807, 2.05) is 0 Å². The minimum Gasteiger partial charge on any atom is -0.550 e. The fourth-order valence-electron chi connectivity index (χ4n) is 2.10. The maximum absolute atomic E-state index is 9.98. The van der Waals surface area contributed by atoms with Crippen molar-refractivity contribution in [3.63, 3.8) is 0 Å². The first-order valence-corrected chi connectivity index (χ1v) is 8.94. The van der Waals surface area contributed by atoms with Crippen molar-refractivity contribution in [1.29, 1.82) is 0 Å². The summed E-state index contributed by atoms with van der Waals surface area (Å²) in [6, 6.07) is 0. The number of carboxylic acid groups (broad SMARTS) is 2. The van der Waals surface area contributed by atoms with Crippen molar-refractivity contribution < 1.29 is 47.1 Å². The van der Waals surface area contributed by atoms with E-state index < -0.39 is 11.9 Å². The third-order valence-electron chi connectivity index (χ3n) is 3.47. The minimum atomic E-state index is -0.916. The van der Waals surface area contributed by atoms with Crippen molar-refractivity contribution in [3.8, 4) is 0 Å². The van der Waals surface area contributed by atoms with Gasteiger partial charge in [-0.05, 0) is 25.7 Å². The van der Waals surface area contributed by atoms with Crippen LogP contribution in [0.15, 0.2) is 0 Å². The molecule has 0 aliphatic carbocycles. The van der Waals surface area contributed by atoms with Gasteiger partial charge in [-0.15, -0.1) is 0 Å². The van der Waals surface area contributed by atoms with Crippen LogP contribution in [0.25, 0.3) is 0 Å². The summed E-state index contributed by atoms with van der Waals surface area (Å²) < 4.78 is 0. The molecule has 0 rings (SSSR count). The molecule has 0 unspecified atom stereocenters. The molecule has 0 saturated carbocycles. The van der Waals surface area contributed by atoms with Crippen LogP contribution >= 0.6 is 0 Å². The molecule has 0 saturated heterocycles. The van der Waals surface area contributed by atoms with Gasteiger partial charge in [0.25, 0.3) is 0 Å². The fraction of sp³-hybridized carbons (Fsp3) is 0.889. The van der Waals surface area contributed by atoms with Crippen LogP contribution in [0.5, 0.6) is 0 Å². The number of carbonyl (C=O) groups is 2. The first kappa shape index (κ1) is 27.7. The zero-order chi connectivity index (χ0) is 17.1. The summed E-state index contributed by atoms with van der Waals surface area (Å²) in [7, 11) is 0. The Balaban J connectivity index is -0.000000333. The van der Waals surface area contributed by atoms with Crippen molar-refractivity contribution in [2.45, 2.75) is 104 Å². The molecule has 0 aromatic rings. The Morgan fingerprint density at radius 2 is 0.826 bits per heavy atom. The largest absolute Gasteiger partial charge is 2.00 e. The molecular formula is C18H34CdO4. The van der Waals surface area contributed by atoms with E-state index in [-0.39, 0.29) is 40.1 Å². The van der Waals surface area contributed by atoms with Crippen LogP contribution in [-0.4, -0.2) is 11.9 Å². The molecule has 4 nitrogen and oxygen atoms in total. The quantitative estimate of drug-likeness (QED) is 0.316. The van der Waals surface area contributed by atoms with E-state index in [9.17, 15) is 19.8 Å². The van der Waals surface area contributed by atoms with Gasteiger partial charge in [0.05, 0.1) is 0 Å². The van der Waals surface area contributed by atoms with E-state index in [2.05, 4.69) is 13.8 Å². The fourth-order valence-corrected chi connectivity index (χ4v) is 2.10. The molecule has 0 radical (unpaired) electrons. The summed E-state index contributed by atoms with van der Waals surface area (Å²) in [4.78, 5) is 20.0. The average Bonchev–Trinajstić information content (AvgIpc) is 2.46. The number of hydrogen-bond acceptors (Lipinski definition) is 4. The van der Waals surface area contributed by atoms with Gasteiger partial charge < -0.3 is 19.8 Å². The standard InChI is InChI=1S/2C9H18O2.Cd/c2*1-2-3-4-5-6-7-8-9(10)11;/h2*2-8H2,1H3,(H,10,11);/q;;+2/p-2. The molecule has 0 aromatic heterocycles. The van der Waals surface area contributed by atoms with Crippen LogP contribution < -0.4 is 10.2 Å². The van der Waals surface area contributed by atoms with E-state index >= 15 is 0 Å². The first-order valence-electron chi connectivity index (χ1n) is 8.94. The Labute approximate surface area is 162 Å². The van der Waals surface area contributed by atoms with E-state index in [0.717, 1.165) is 25.7 Å². The summed E-state index contributed by atoms with van der Waals surface area (Å²) in [6.45, 7) is 4.34. The Bertz CT molecular complexity index is 231. The summed E-state index contributed by atoms with van der Waals surface area (Å²) in [5.74, 6) is -1.83. The topological polar surface area (TPSA) is 80.3 Å². The smallest absolute Gasteiger partial charge is 0.550 e. The number of unbranched alkanes of at least 4 members (excludes halogenated alkanes) is 10. The van der Waals surface area contributed by atoms with Crippen molar-refractivity contribution >= 4 is 11.9 Å². The molecule has 0 aliphatic rings. The molecule has 5 heteroatoms. The van der Waals surface area contributed by atoms with E-state index in [0.29, 0.717) is 0 Å². The molecule has 0 aromatic carbocycles. The number of carboxylic acids is 2. The number of aliphatic carboxylic acids is 2. The maximum Gasteiger partial charge on any atom is 2.00 e. The zero-order valence-corrected chi connectivity index (χ0v) is 19.3. The zero-order valence-electron chi connectivity index (χ0n) is 15.2. The molecule has 23 heavy (non-hydrogen) atoms. The summed E-state index contributed by atoms with van der Waals surface area (Å²) >= 11 is 0. The van der Waals surface area contributed by atoms with Crippen LogP contribution in [0.3, 0.4) is 0 Å². The van der Waals surface area contributed by atoms with Gasteiger partial charge in [0, 0.05) is 11.9 Å². The van der Waals surface area contributed by atoms with Crippen LogP contribution in [0.1, 0.15) is 104 Å². The second-order valence-corrected chi connectivity index (χ2v) is 5.78. The summed E-state index contributed by atoms with van der Waals surface area (Å²) in [6.07, 6.45) is 13.9. The van der Waals surface area contributed by atoms with Crippen LogP contribution in [-0.2, 0) is 36.9 Å². The molecule has 0 atom stereocenters. The molecule has 0 spiro atoms. The number of rotatable bonds is 14. The van der Waals surface area contributed by atoms with Crippen LogP contribution in [0, 0.1) is 0 Å². The van der Waals surface area contributed by atoms with Crippen molar-refractivity contribution in [2.24, 2.45) is 0 Å². The predicted molar refractivity (Wildman–Crippen MR) is 86.0 cm³/mol. The van der Waals surface area contributed by atoms with Crippen LogP contribution in [0.2, 0.25) is 0 Å². The molecular weight excluding hydrogens is 393 g/mol. The van der Waals surface area contributed by atoms with Gasteiger partial charge in [0.2, 0.25) is 0 Å². The predicted octanol–water partition coefficient (Wildman–Crippen LogP) is 2.97.